The highest BCUT2D eigenvalue weighted by Gasteiger charge is 2.49. The average molecular weight is 354 g/mol. The van der Waals surface area contributed by atoms with E-state index in [-0.39, 0.29) is 40.4 Å². The molecule has 3 fully saturated rings. The molecule has 0 N–H and O–H groups in total. The third-order valence-electron chi connectivity index (χ3n) is 4.30. The van der Waals surface area contributed by atoms with Crippen molar-refractivity contribution in [3.63, 3.8) is 0 Å². The molecule has 122 valence electrons. The molecule has 0 radical (unpaired) electrons. The Morgan fingerprint density at radius 2 is 1.91 bits per heavy atom. The van der Waals surface area contributed by atoms with E-state index in [4.69, 9.17) is 0 Å². The van der Waals surface area contributed by atoms with Gasteiger partial charge in [-0.05, 0) is 37.1 Å². The van der Waals surface area contributed by atoms with Gasteiger partial charge in [0, 0.05) is 16.9 Å². The van der Waals surface area contributed by atoms with Crippen LogP contribution in [0.2, 0.25) is 0 Å². The molecule has 1 aromatic carbocycles. The lowest BCUT2D eigenvalue weighted by atomic mass is 10.2. The van der Waals surface area contributed by atoms with Crippen LogP contribution in [-0.2, 0) is 14.6 Å². The third kappa shape index (κ3) is 2.89. The van der Waals surface area contributed by atoms with Crippen LogP contribution in [0.3, 0.4) is 0 Å². The van der Waals surface area contributed by atoms with Gasteiger partial charge in [-0.25, -0.2) is 12.8 Å². The molecule has 1 aromatic rings. The first-order chi connectivity index (χ1) is 10.9. The zero-order chi connectivity index (χ0) is 16.2. The number of fused-ring (bicyclic) bond motifs is 1. The lowest BCUT2D eigenvalue weighted by Crippen LogP contribution is -2.37. The highest BCUT2D eigenvalue weighted by molar-refractivity contribution is 8.16. The van der Waals surface area contributed by atoms with Gasteiger partial charge in [0.15, 0.2) is 15.0 Å². The van der Waals surface area contributed by atoms with Crippen LogP contribution in [-0.4, -0.2) is 42.3 Å². The largest absolute Gasteiger partial charge is 0.316 e. The molecule has 0 spiro atoms. The van der Waals surface area contributed by atoms with Gasteiger partial charge >= 0.3 is 0 Å². The van der Waals surface area contributed by atoms with Crippen molar-refractivity contribution in [3.05, 3.63) is 30.1 Å². The minimum absolute atomic E-state index is 0.0161. The monoisotopic (exact) mass is 354 g/mol. The molecule has 0 bridgehead atoms. The Labute approximate surface area is 137 Å². The molecule has 4 rings (SSSR count). The molecule has 8 heteroatoms. The van der Waals surface area contributed by atoms with Gasteiger partial charge in [-0.3, -0.25) is 4.79 Å². The minimum atomic E-state index is -3.09. The molecular formula is C15H15FN2O3S2. The number of hydrogen-bond acceptors (Lipinski definition) is 4. The number of carbonyl (C=O) groups excluding carboxylic acids is 1. The zero-order valence-corrected chi connectivity index (χ0v) is 13.8. The minimum Gasteiger partial charge on any atom is -0.316 e. The van der Waals surface area contributed by atoms with Gasteiger partial charge in [-0.15, -0.1) is 0 Å². The molecule has 1 aliphatic carbocycles. The fourth-order valence-electron chi connectivity index (χ4n) is 2.98. The molecule has 1 amide bonds. The highest BCUT2D eigenvalue weighted by Crippen LogP contribution is 2.41. The lowest BCUT2D eigenvalue weighted by molar-refractivity contribution is -0.118. The molecule has 3 aliphatic rings. The number of halogens is 1. The average Bonchev–Trinajstić information content (AvgIpc) is 3.22. The van der Waals surface area contributed by atoms with E-state index in [2.05, 4.69) is 4.99 Å². The Kier molecular flexibility index (Phi) is 3.49. The van der Waals surface area contributed by atoms with Gasteiger partial charge in [0.25, 0.3) is 5.91 Å². The van der Waals surface area contributed by atoms with E-state index >= 15 is 0 Å². The van der Waals surface area contributed by atoms with Gasteiger partial charge in [0.05, 0.1) is 17.5 Å². The standard InChI is InChI=1S/C15H15FN2O3S2/c16-10-3-5-11(6-4-10)18-12-7-23(20,21)8-13(12)22-15(18)17-14(19)9-1-2-9/h3-6,9,12-13H,1-2,7-8H2/t12-,13-/m1/s1. The second-order valence-corrected chi connectivity index (χ2v) is 9.51. The first kappa shape index (κ1) is 15.1. The summed E-state index contributed by atoms with van der Waals surface area (Å²) < 4.78 is 37.0. The lowest BCUT2D eigenvalue weighted by Gasteiger charge is -2.24. The first-order valence-electron chi connectivity index (χ1n) is 7.47. The first-order valence-corrected chi connectivity index (χ1v) is 10.2. The van der Waals surface area contributed by atoms with Crippen LogP contribution >= 0.6 is 11.8 Å². The predicted octanol–water partition coefficient (Wildman–Crippen LogP) is 1.84. The van der Waals surface area contributed by atoms with Crippen LogP contribution in [0.4, 0.5) is 10.1 Å². The summed E-state index contributed by atoms with van der Waals surface area (Å²) in [4.78, 5) is 18.1. The quantitative estimate of drug-likeness (QED) is 0.811. The Bertz CT molecular complexity index is 787. The number of rotatable bonds is 2. The Balaban J connectivity index is 1.71. The number of amides is 1. The van der Waals surface area contributed by atoms with E-state index in [0.29, 0.717) is 10.9 Å². The molecular weight excluding hydrogens is 339 g/mol. The molecule has 1 saturated carbocycles. The van der Waals surface area contributed by atoms with Crippen LogP contribution in [0.1, 0.15) is 12.8 Å². The van der Waals surface area contributed by atoms with Crippen LogP contribution in [0, 0.1) is 11.7 Å². The number of aliphatic imine (C=N–C) groups is 1. The summed E-state index contributed by atoms with van der Waals surface area (Å²) in [5.74, 6) is -0.344. The fourth-order valence-corrected chi connectivity index (χ4v) is 6.90. The van der Waals surface area contributed by atoms with Crippen molar-refractivity contribution in [1.29, 1.82) is 0 Å². The van der Waals surface area contributed by atoms with Gasteiger partial charge in [-0.1, -0.05) is 11.8 Å². The Morgan fingerprint density at radius 1 is 1.22 bits per heavy atom. The van der Waals surface area contributed by atoms with Crippen molar-refractivity contribution in [3.8, 4) is 0 Å². The topological polar surface area (TPSA) is 66.8 Å². The normalized spacial score (nSPS) is 30.7. The molecule has 0 aromatic heterocycles. The summed E-state index contributed by atoms with van der Waals surface area (Å²) in [5.41, 5.74) is 0.672. The van der Waals surface area contributed by atoms with Gasteiger partial charge in [-0.2, -0.15) is 4.99 Å². The summed E-state index contributed by atoms with van der Waals surface area (Å²) in [5, 5.41) is 0.411. The van der Waals surface area contributed by atoms with Crippen molar-refractivity contribution in [1.82, 2.24) is 0 Å². The third-order valence-corrected chi connectivity index (χ3v) is 7.51. The summed E-state index contributed by atoms with van der Waals surface area (Å²) in [7, 11) is -3.09. The van der Waals surface area contributed by atoms with Crippen LogP contribution in [0.15, 0.2) is 29.3 Å². The van der Waals surface area contributed by atoms with Crippen molar-refractivity contribution in [2.75, 3.05) is 16.4 Å². The van der Waals surface area contributed by atoms with E-state index in [9.17, 15) is 17.6 Å². The predicted molar refractivity (Wildman–Crippen MR) is 87.9 cm³/mol. The SMILES string of the molecule is O=C(N=C1S[C@@H]2CS(=O)(=O)C[C@H]2N1c1ccc(F)cc1)C1CC1. The maximum atomic E-state index is 13.2. The number of benzene rings is 1. The number of sulfone groups is 1. The molecule has 2 aliphatic heterocycles. The molecule has 0 unspecified atom stereocenters. The fraction of sp³-hybridized carbons (Fsp3) is 0.467. The van der Waals surface area contributed by atoms with E-state index < -0.39 is 9.84 Å². The number of thioether (sulfide) groups is 1. The van der Waals surface area contributed by atoms with Crippen LogP contribution in [0.5, 0.6) is 0 Å². The summed E-state index contributed by atoms with van der Waals surface area (Å²) in [6.45, 7) is 0. The van der Waals surface area contributed by atoms with E-state index in [0.717, 1.165) is 12.8 Å². The van der Waals surface area contributed by atoms with E-state index in [1.54, 1.807) is 17.0 Å². The van der Waals surface area contributed by atoms with Gasteiger partial charge in [0.1, 0.15) is 5.82 Å². The van der Waals surface area contributed by atoms with Crippen LogP contribution in [0.25, 0.3) is 0 Å². The molecule has 2 heterocycles. The maximum absolute atomic E-state index is 13.2. The van der Waals surface area contributed by atoms with Crippen LogP contribution < -0.4 is 4.90 Å². The van der Waals surface area contributed by atoms with E-state index in [1.807, 2.05) is 0 Å². The number of carbonyl (C=O) groups is 1. The van der Waals surface area contributed by atoms with Crippen molar-refractivity contribution < 1.29 is 17.6 Å². The van der Waals surface area contributed by atoms with E-state index in [1.165, 1.54) is 23.9 Å². The highest BCUT2D eigenvalue weighted by atomic mass is 32.2. The number of nitrogens with zero attached hydrogens (tertiary/aromatic N) is 2. The summed E-state index contributed by atoms with van der Waals surface area (Å²) in [6, 6.07) is 5.61. The van der Waals surface area contributed by atoms with Crippen molar-refractivity contribution in [2.24, 2.45) is 10.9 Å². The summed E-state index contributed by atoms with van der Waals surface area (Å²) >= 11 is 1.35. The van der Waals surface area contributed by atoms with Gasteiger partial charge < -0.3 is 4.90 Å². The van der Waals surface area contributed by atoms with Crippen molar-refractivity contribution >= 4 is 38.4 Å². The zero-order valence-electron chi connectivity index (χ0n) is 12.2. The Morgan fingerprint density at radius 3 is 2.57 bits per heavy atom. The smallest absolute Gasteiger partial charge is 0.251 e. The summed E-state index contributed by atoms with van der Waals surface area (Å²) in [6.07, 6.45) is 1.75. The number of anilines is 1. The number of amidine groups is 1. The van der Waals surface area contributed by atoms with Gasteiger partial charge in [0.2, 0.25) is 0 Å². The molecule has 5 nitrogen and oxygen atoms in total. The second kappa shape index (κ2) is 5.31. The second-order valence-electron chi connectivity index (χ2n) is 6.15. The van der Waals surface area contributed by atoms with Crippen molar-refractivity contribution in [2.45, 2.75) is 24.1 Å². The molecule has 2 atom stereocenters. The number of hydrogen-bond donors (Lipinski definition) is 0. The molecule has 2 saturated heterocycles. The molecule has 23 heavy (non-hydrogen) atoms. The Hall–Kier alpha value is -1.41. The maximum Gasteiger partial charge on any atom is 0.251 e.